The molecule has 0 saturated heterocycles. The van der Waals surface area contributed by atoms with Crippen LogP contribution >= 0.6 is 0 Å². The van der Waals surface area contributed by atoms with Gasteiger partial charge in [0.1, 0.15) is 11.4 Å². The molecule has 0 saturated carbocycles. The lowest BCUT2D eigenvalue weighted by atomic mass is 10.2. The molecule has 0 aromatic carbocycles. The fraction of sp³-hybridized carbons (Fsp3) is 0.467. The van der Waals surface area contributed by atoms with Crippen LogP contribution in [0.1, 0.15) is 38.4 Å². The highest BCUT2D eigenvalue weighted by atomic mass is 16.6. The van der Waals surface area contributed by atoms with Gasteiger partial charge in [0.05, 0.1) is 5.69 Å². The minimum absolute atomic E-state index is 0.399. The zero-order valence-electron chi connectivity index (χ0n) is 12.6. The summed E-state index contributed by atoms with van der Waals surface area (Å²) in [6.07, 6.45) is 4.16. The Labute approximate surface area is 120 Å². The van der Waals surface area contributed by atoms with Gasteiger partial charge < -0.3 is 15.8 Å². The van der Waals surface area contributed by atoms with Crippen LogP contribution in [0.25, 0.3) is 6.08 Å². The molecule has 1 aromatic rings. The molecule has 0 aliphatic carbocycles. The summed E-state index contributed by atoms with van der Waals surface area (Å²) in [4.78, 5) is 15.6. The maximum atomic E-state index is 11.4. The lowest BCUT2D eigenvalue weighted by Gasteiger charge is -2.19. The number of ether oxygens (including phenoxy) is 1. The van der Waals surface area contributed by atoms with Crippen LogP contribution in [0.3, 0.4) is 0 Å². The van der Waals surface area contributed by atoms with Gasteiger partial charge in [-0.3, -0.25) is 0 Å². The molecule has 1 rings (SSSR count). The number of nitrogens with two attached hydrogens (primary N) is 1. The monoisotopic (exact) mass is 277 g/mol. The van der Waals surface area contributed by atoms with Gasteiger partial charge in [-0.25, -0.2) is 9.78 Å². The Balaban J connectivity index is 2.36. The summed E-state index contributed by atoms with van der Waals surface area (Å²) in [6.45, 7) is 8.00. The van der Waals surface area contributed by atoms with Gasteiger partial charge in [0.2, 0.25) is 0 Å². The summed E-state index contributed by atoms with van der Waals surface area (Å²) in [5.41, 5.74) is 7.08. The van der Waals surface area contributed by atoms with Crippen molar-refractivity contribution >= 4 is 18.0 Å². The van der Waals surface area contributed by atoms with E-state index < -0.39 is 11.7 Å². The molecule has 0 unspecified atom stereocenters. The normalized spacial score (nSPS) is 11.6. The van der Waals surface area contributed by atoms with Crippen LogP contribution in [0, 0.1) is 6.92 Å². The van der Waals surface area contributed by atoms with Gasteiger partial charge in [-0.15, -0.1) is 0 Å². The molecule has 5 nitrogen and oxygen atoms in total. The predicted molar refractivity (Wildman–Crippen MR) is 81.3 cm³/mol. The van der Waals surface area contributed by atoms with Crippen molar-refractivity contribution in [1.82, 2.24) is 10.3 Å². The first-order valence-electron chi connectivity index (χ1n) is 6.64. The Hall–Kier alpha value is -2.04. The van der Waals surface area contributed by atoms with Crippen LogP contribution in [0.4, 0.5) is 10.6 Å². The van der Waals surface area contributed by atoms with E-state index >= 15 is 0 Å². The number of anilines is 1. The quantitative estimate of drug-likeness (QED) is 0.830. The van der Waals surface area contributed by atoms with Gasteiger partial charge in [0.25, 0.3) is 0 Å². The summed E-state index contributed by atoms with van der Waals surface area (Å²) in [5.74, 6) is 0.502. The lowest BCUT2D eigenvalue weighted by Crippen LogP contribution is -2.32. The van der Waals surface area contributed by atoms with Crippen LogP contribution in [0.5, 0.6) is 0 Å². The first-order chi connectivity index (χ1) is 9.28. The van der Waals surface area contributed by atoms with Crippen molar-refractivity contribution < 1.29 is 9.53 Å². The van der Waals surface area contributed by atoms with E-state index in [1.54, 1.807) is 6.07 Å². The summed E-state index contributed by atoms with van der Waals surface area (Å²) < 4.78 is 5.13. The van der Waals surface area contributed by atoms with Gasteiger partial charge in [-0.05, 0) is 51.8 Å². The lowest BCUT2D eigenvalue weighted by molar-refractivity contribution is 0.0529. The van der Waals surface area contributed by atoms with Crippen molar-refractivity contribution in [2.75, 3.05) is 12.3 Å². The second kappa shape index (κ2) is 6.93. The van der Waals surface area contributed by atoms with E-state index in [0.29, 0.717) is 18.8 Å². The fourth-order valence-corrected chi connectivity index (χ4v) is 1.50. The highest BCUT2D eigenvalue weighted by Crippen LogP contribution is 2.10. The summed E-state index contributed by atoms with van der Waals surface area (Å²) in [5, 5.41) is 2.69. The Morgan fingerprint density at radius 1 is 1.45 bits per heavy atom. The number of alkyl carbamates (subject to hydrolysis) is 1. The molecule has 0 fully saturated rings. The van der Waals surface area contributed by atoms with E-state index in [0.717, 1.165) is 11.3 Å². The summed E-state index contributed by atoms with van der Waals surface area (Å²) in [7, 11) is 0. The predicted octanol–water partition coefficient (Wildman–Crippen LogP) is 2.90. The van der Waals surface area contributed by atoms with E-state index in [1.165, 1.54) is 0 Å². The van der Waals surface area contributed by atoms with E-state index in [2.05, 4.69) is 10.3 Å². The highest BCUT2D eigenvalue weighted by molar-refractivity contribution is 5.67. The van der Waals surface area contributed by atoms with E-state index in [-0.39, 0.29) is 0 Å². The number of hydrogen-bond acceptors (Lipinski definition) is 4. The van der Waals surface area contributed by atoms with Gasteiger partial charge in [0.15, 0.2) is 0 Å². The molecule has 0 spiro atoms. The van der Waals surface area contributed by atoms with Crippen molar-refractivity contribution in [3.63, 3.8) is 0 Å². The van der Waals surface area contributed by atoms with Crippen LogP contribution in [0.2, 0.25) is 0 Å². The van der Waals surface area contributed by atoms with Crippen LogP contribution in [-0.4, -0.2) is 23.2 Å². The number of nitrogens with one attached hydrogen (secondary N) is 1. The van der Waals surface area contributed by atoms with Gasteiger partial charge in [0, 0.05) is 6.54 Å². The number of pyridine rings is 1. The Morgan fingerprint density at radius 3 is 2.80 bits per heavy atom. The molecule has 0 atom stereocenters. The van der Waals surface area contributed by atoms with Gasteiger partial charge in [-0.2, -0.15) is 0 Å². The SMILES string of the molecule is Cc1ccc(N)nc1C=CCCNC(=O)OC(C)(C)C. The molecule has 110 valence electrons. The molecule has 0 bridgehead atoms. The van der Waals surface area contributed by atoms with Crippen LogP contribution in [-0.2, 0) is 4.74 Å². The van der Waals surface area contributed by atoms with Crippen LogP contribution in [0.15, 0.2) is 18.2 Å². The summed E-state index contributed by atoms with van der Waals surface area (Å²) >= 11 is 0. The number of aromatic nitrogens is 1. The van der Waals surface area contributed by atoms with E-state index in [4.69, 9.17) is 10.5 Å². The highest BCUT2D eigenvalue weighted by Gasteiger charge is 2.15. The third-order valence-corrected chi connectivity index (χ3v) is 2.41. The number of hydrogen-bond donors (Lipinski definition) is 2. The Bertz CT molecular complexity index is 490. The number of nitrogen functional groups attached to an aromatic ring is 1. The second-order valence-corrected chi connectivity index (χ2v) is 5.56. The number of amides is 1. The largest absolute Gasteiger partial charge is 0.444 e. The smallest absolute Gasteiger partial charge is 0.407 e. The Morgan fingerprint density at radius 2 is 2.15 bits per heavy atom. The molecule has 1 heterocycles. The molecule has 5 heteroatoms. The molecular formula is C15H23N3O2. The van der Waals surface area contributed by atoms with Crippen molar-refractivity contribution in [2.24, 2.45) is 0 Å². The van der Waals surface area contributed by atoms with Crippen molar-refractivity contribution in [1.29, 1.82) is 0 Å². The van der Waals surface area contributed by atoms with Crippen molar-refractivity contribution in [3.8, 4) is 0 Å². The molecule has 0 aliphatic heterocycles. The number of carbonyl (C=O) groups is 1. The number of carbonyl (C=O) groups excluding carboxylic acids is 1. The first kappa shape index (κ1) is 16.0. The number of nitrogens with zero attached hydrogens (tertiary/aromatic N) is 1. The molecular weight excluding hydrogens is 254 g/mol. The Kier molecular flexibility index (Phi) is 5.55. The zero-order chi connectivity index (χ0) is 15.2. The first-order valence-corrected chi connectivity index (χ1v) is 6.64. The van der Waals surface area contributed by atoms with Crippen molar-refractivity contribution in [3.05, 3.63) is 29.5 Å². The minimum Gasteiger partial charge on any atom is -0.444 e. The fourth-order valence-electron chi connectivity index (χ4n) is 1.50. The van der Waals surface area contributed by atoms with Gasteiger partial charge >= 0.3 is 6.09 Å². The molecule has 1 amide bonds. The minimum atomic E-state index is -0.470. The average Bonchev–Trinajstić information content (AvgIpc) is 2.30. The third kappa shape index (κ3) is 6.22. The van der Waals surface area contributed by atoms with Gasteiger partial charge in [-0.1, -0.05) is 12.1 Å². The molecule has 0 aliphatic rings. The van der Waals surface area contributed by atoms with Crippen LogP contribution < -0.4 is 11.1 Å². The zero-order valence-corrected chi connectivity index (χ0v) is 12.6. The second-order valence-electron chi connectivity index (χ2n) is 5.56. The maximum Gasteiger partial charge on any atom is 0.407 e. The third-order valence-electron chi connectivity index (χ3n) is 2.41. The maximum absolute atomic E-state index is 11.4. The number of rotatable bonds is 4. The van der Waals surface area contributed by atoms with Crippen molar-refractivity contribution in [2.45, 2.75) is 39.7 Å². The molecule has 0 radical (unpaired) electrons. The average molecular weight is 277 g/mol. The van der Waals surface area contributed by atoms with E-state index in [9.17, 15) is 4.79 Å². The topological polar surface area (TPSA) is 77.2 Å². The molecule has 3 N–H and O–H groups in total. The van der Waals surface area contributed by atoms with E-state index in [1.807, 2.05) is 45.9 Å². The molecule has 1 aromatic heterocycles. The standard InChI is InChI=1S/C15H23N3O2/c1-11-8-9-13(16)18-12(11)7-5-6-10-17-14(19)20-15(2,3)4/h5,7-9H,6,10H2,1-4H3,(H2,16,18)(H,17,19). The summed E-state index contributed by atoms with van der Waals surface area (Å²) in [6, 6.07) is 3.71. The molecule has 20 heavy (non-hydrogen) atoms. The number of aryl methyl sites for hydroxylation is 1.